The molecule has 0 aliphatic heterocycles. The van der Waals surface area contributed by atoms with Gasteiger partial charge in [0.2, 0.25) is 0 Å². The van der Waals surface area contributed by atoms with Crippen molar-refractivity contribution in [2.24, 2.45) is 0 Å². The summed E-state index contributed by atoms with van der Waals surface area (Å²) >= 11 is 5.83. The molecular formula is C10H11ClO3. The molecule has 0 spiro atoms. The first kappa shape index (κ1) is 11.0. The number of halogens is 1. The maximum absolute atomic E-state index is 10.9. The molecule has 3 nitrogen and oxygen atoms in total. The van der Waals surface area contributed by atoms with Crippen molar-refractivity contribution in [1.82, 2.24) is 0 Å². The van der Waals surface area contributed by atoms with Gasteiger partial charge in [-0.1, -0.05) is 29.8 Å². The van der Waals surface area contributed by atoms with Gasteiger partial charge in [-0.25, -0.2) is 0 Å². The predicted octanol–water partition coefficient (Wildman–Crippen LogP) is 1.89. The van der Waals surface area contributed by atoms with Gasteiger partial charge in [-0.3, -0.25) is 4.79 Å². The van der Waals surface area contributed by atoms with Gasteiger partial charge in [0.05, 0.1) is 6.10 Å². The Kier molecular flexibility index (Phi) is 3.49. The van der Waals surface area contributed by atoms with Crippen LogP contribution in [0.1, 0.15) is 18.4 Å². The molecule has 4 heteroatoms. The molecule has 2 atom stereocenters. The van der Waals surface area contributed by atoms with Crippen molar-refractivity contribution in [3.05, 3.63) is 34.9 Å². The number of carbonyl (C=O) groups is 1. The highest BCUT2D eigenvalue weighted by Gasteiger charge is 2.26. The largest absolute Gasteiger partial charge is 0.481 e. The summed E-state index contributed by atoms with van der Waals surface area (Å²) in [6.07, 6.45) is -0.965. The number of aliphatic carboxylic acids is 1. The summed E-state index contributed by atoms with van der Waals surface area (Å²) in [7, 11) is 0. The van der Waals surface area contributed by atoms with E-state index in [9.17, 15) is 9.90 Å². The molecule has 1 aromatic rings. The summed E-state index contributed by atoms with van der Waals surface area (Å²) in [4.78, 5) is 10.9. The highest BCUT2D eigenvalue weighted by atomic mass is 35.5. The number of carboxylic acids is 1. The summed E-state index contributed by atoms with van der Waals surface area (Å²) < 4.78 is 0. The van der Waals surface area contributed by atoms with E-state index in [-0.39, 0.29) is 0 Å². The molecule has 2 unspecified atom stereocenters. The molecule has 1 aromatic carbocycles. The molecule has 0 aromatic heterocycles. The van der Waals surface area contributed by atoms with Crippen molar-refractivity contribution in [2.75, 3.05) is 0 Å². The SMILES string of the molecule is CC(O)C(C(=O)O)c1ccccc1Cl. The zero-order valence-corrected chi connectivity index (χ0v) is 8.40. The Bertz CT molecular complexity index is 336. The molecule has 0 bridgehead atoms. The van der Waals surface area contributed by atoms with Crippen molar-refractivity contribution < 1.29 is 15.0 Å². The Morgan fingerprint density at radius 2 is 2.00 bits per heavy atom. The van der Waals surface area contributed by atoms with Crippen LogP contribution in [0.3, 0.4) is 0 Å². The average Bonchev–Trinajstić information content (AvgIpc) is 2.07. The fraction of sp³-hybridized carbons (Fsp3) is 0.300. The Hall–Kier alpha value is -1.06. The second-order valence-electron chi connectivity index (χ2n) is 3.08. The van der Waals surface area contributed by atoms with Gasteiger partial charge in [-0.2, -0.15) is 0 Å². The van der Waals surface area contributed by atoms with Gasteiger partial charge in [0.25, 0.3) is 0 Å². The van der Waals surface area contributed by atoms with Gasteiger partial charge in [0, 0.05) is 5.02 Å². The van der Waals surface area contributed by atoms with Crippen LogP contribution in [0.5, 0.6) is 0 Å². The number of aliphatic hydroxyl groups is 1. The van der Waals surface area contributed by atoms with E-state index in [4.69, 9.17) is 16.7 Å². The second kappa shape index (κ2) is 4.44. The van der Waals surface area contributed by atoms with E-state index in [0.29, 0.717) is 10.6 Å². The number of rotatable bonds is 3. The normalized spacial score (nSPS) is 14.8. The fourth-order valence-electron chi connectivity index (χ4n) is 1.33. The van der Waals surface area contributed by atoms with Crippen LogP contribution in [0.4, 0.5) is 0 Å². The molecule has 0 saturated carbocycles. The van der Waals surface area contributed by atoms with E-state index in [1.165, 1.54) is 6.92 Å². The lowest BCUT2D eigenvalue weighted by Crippen LogP contribution is -2.23. The van der Waals surface area contributed by atoms with Gasteiger partial charge in [0.15, 0.2) is 0 Å². The topological polar surface area (TPSA) is 57.5 Å². The van der Waals surface area contributed by atoms with Crippen molar-refractivity contribution in [3.8, 4) is 0 Å². The minimum absolute atomic E-state index is 0.362. The van der Waals surface area contributed by atoms with Crippen LogP contribution in [0.15, 0.2) is 24.3 Å². The predicted molar refractivity (Wildman–Crippen MR) is 53.5 cm³/mol. The van der Waals surface area contributed by atoms with Crippen LogP contribution < -0.4 is 0 Å². The van der Waals surface area contributed by atoms with Gasteiger partial charge in [-0.05, 0) is 18.6 Å². The highest BCUT2D eigenvalue weighted by Crippen LogP contribution is 2.27. The summed E-state index contributed by atoms with van der Waals surface area (Å²) in [6.45, 7) is 1.43. The number of carboxylic acid groups (broad SMARTS) is 1. The zero-order chi connectivity index (χ0) is 10.7. The van der Waals surface area contributed by atoms with E-state index in [2.05, 4.69) is 0 Å². The van der Waals surface area contributed by atoms with E-state index >= 15 is 0 Å². The van der Waals surface area contributed by atoms with Crippen molar-refractivity contribution >= 4 is 17.6 Å². The second-order valence-corrected chi connectivity index (χ2v) is 3.49. The minimum Gasteiger partial charge on any atom is -0.481 e. The molecule has 14 heavy (non-hydrogen) atoms. The van der Waals surface area contributed by atoms with E-state index in [1.807, 2.05) is 0 Å². The maximum atomic E-state index is 10.9. The van der Waals surface area contributed by atoms with Crippen LogP contribution in [-0.2, 0) is 4.79 Å². The molecular weight excluding hydrogens is 204 g/mol. The molecule has 0 fully saturated rings. The number of hydrogen-bond acceptors (Lipinski definition) is 2. The smallest absolute Gasteiger partial charge is 0.313 e. The Balaban J connectivity index is 3.12. The molecule has 1 rings (SSSR count). The lowest BCUT2D eigenvalue weighted by atomic mass is 9.94. The van der Waals surface area contributed by atoms with Crippen molar-refractivity contribution in [3.63, 3.8) is 0 Å². The quantitative estimate of drug-likeness (QED) is 0.808. The van der Waals surface area contributed by atoms with Gasteiger partial charge >= 0.3 is 5.97 Å². The van der Waals surface area contributed by atoms with Crippen LogP contribution in [0, 0.1) is 0 Å². The highest BCUT2D eigenvalue weighted by molar-refractivity contribution is 6.31. The first-order valence-corrected chi connectivity index (χ1v) is 4.57. The van der Waals surface area contributed by atoms with Gasteiger partial charge < -0.3 is 10.2 Å². The third-order valence-electron chi connectivity index (χ3n) is 1.99. The van der Waals surface area contributed by atoms with Crippen molar-refractivity contribution in [1.29, 1.82) is 0 Å². The molecule has 0 heterocycles. The van der Waals surface area contributed by atoms with Crippen LogP contribution in [0.25, 0.3) is 0 Å². The van der Waals surface area contributed by atoms with Gasteiger partial charge in [-0.15, -0.1) is 0 Å². The summed E-state index contributed by atoms with van der Waals surface area (Å²) in [5.74, 6) is -2.04. The minimum atomic E-state index is -1.08. The summed E-state index contributed by atoms with van der Waals surface area (Å²) in [5.41, 5.74) is 0.441. The van der Waals surface area contributed by atoms with Crippen molar-refractivity contribution in [2.45, 2.75) is 18.9 Å². The Morgan fingerprint density at radius 3 is 2.43 bits per heavy atom. The molecule has 2 N–H and O–H groups in total. The monoisotopic (exact) mass is 214 g/mol. The van der Waals surface area contributed by atoms with E-state index < -0.39 is 18.0 Å². The molecule has 0 saturated heterocycles. The van der Waals surface area contributed by atoms with E-state index in [0.717, 1.165) is 0 Å². The zero-order valence-electron chi connectivity index (χ0n) is 7.64. The number of aliphatic hydroxyl groups excluding tert-OH is 1. The Labute approximate surface area is 86.9 Å². The molecule has 0 aliphatic carbocycles. The molecule has 0 aliphatic rings. The third kappa shape index (κ3) is 2.25. The first-order chi connectivity index (χ1) is 6.54. The number of hydrogen-bond donors (Lipinski definition) is 2. The van der Waals surface area contributed by atoms with E-state index in [1.54, 1.807) is 24.3 Å². The summed E-state index contributed by atoms with van der Waals surface area (Å²) in [5, 5.41) is 18.6. The Morgan fingerprint density at radius 1 is 1.43 bits per heavy atom. The third-order valence-corrected chi connectivity index (χ3v) is 2.33. The molecule has 0 amide bonds. The lowest BCUT2D eigenvalue weighted by molar-refractivity contribution is -0.141. The molecule has 76 valence electrons. The van der Waals surface area contributed by atoms with Gasteiger partial charge in [0.1, 0.15) is 5.92 Å². The standard InChI is InChI=1S/C10H11ClO3/c1-6(12)9(10(13)14)7-4-2-3-5-8(7)11/h2-6,9,12H,1H3,(H,13,14). The molecule has 0 radical (unpaired) electrons. The average molecular weight is 215 g/mol. The first-order valence-electron chi connectivity index (χ1n) is 4.19. The van der Waals surface area contributed by atoms with Crippen LogP contribution in [-0.4, -0.2) is 22.3 Å². The maximum Gasteiger partial charge on any atom is 0.313 e. The fourth-order valence-corrected chi connectivity index (χ4v) is 1.58. The van der Waals surface area contributed by atoms with Crippen LogP contribution in [0.2, 0.25) is 5.02 Å². The summed E-state index contributed by atoms with van der Waals surface area (Å²) in [6, 6.07) is 6.62. The number of benzene rings is 1. The van der Waals surface area contributed by atoms with Crippen LogP contribution >= 0.6 is 11.6 Å². The lowest BCUT2D eigenvalue weighted by Gasteiger charge is -2.16.